The summed E-state index contributed by atoms with van der Waals surface area (Å²) >= 11 is 0. The Morgan fingerprint density at radius 1 is 1.00 bits per heavy atom. The van der Waals surface area contributed by atoms with Crippen LogP contribution in [0, 0.1) is 11.8 Å². The van der Waals surface area contributed by atoms with E-state index in [0.29, 0.717) is 0 Å². The molecular weight excluding hydrogens is 100 g/mol. The lowest BCUT2D eigenvalue weighted by molar-refractivity contribution is -0.377. The van der Waals surface area contributed by atoms with Crippen molar-refractivity contribution in [2.45, 2.75) is 0 Å². The smallest absolute Gasteiger partial charge is 0.166 e. The first kappa shape index (κ1) is 6.64. The molecule has 2 nitrogen and oxygen atoms in total. The van der Waals surface area contributed by atoms with E-state index in [1.54, 1.807) is 0 Å². The van der Waals surface area contributed by atoms with Gasteiger partial charge >= 0.3 is 0 Å². The maximum Gasteiger partial charge on any atom is 0.166 e. The maximum atomic E-state index is 6.25. The summed E-state index contributed by atoms with van der Waals surface area (Å²) in [6, 6.07) is 5.86. The summed E-state index contributed by atoms with van der Waals surface area (Å²) in [7, 11) is 0. The van der Waals surface area contributed by atoms with E-state index in [4.69, 9.17) is 11.8 Å². The van der Waals surface area contributed by atoms with E-state index < -0.39 is 0 Å². The molecule has 1 rings (SSSR count). The number of aromatic amines is 1. The van der Waals surface area contributed by atoms with Crippen molar-refractivity contribution in [1.29, 1.82) is 5.26 Å². The zero-order chi connectivity index (χ0) is 6.24. The van der Waals surface area contributed by atoms with Gasteiger partial charge in [-0.3, -0.25) is 0 Å². The summed E-state index contributed by atoms with van der Waals surface area (Å²) in [6.07, 6.45) is 3.75. The zero-order valence-electron chi connectivity index (χ0n) is 4.33. The molecule has 0 atom stereocenters. The summed E-state index contributed by atoms with van der Waals surface area (Å²) in [4.78, 5) is 2.89. The number of nitrogens with one attached hydrogen (secondary N) is 1. The normalized spacial score (nSPS) is 6.25. The van der Waals surface area contributed by atoms with Gasteiger partial charge in [0.15, 0.2) is 12.4 Å². The van der Waals surface area contributed by atoms with Crippen molar-refractivity contribution in [2.24, 2.45) is 0 Å². The first-order valence-electron chi connectivity index (χ1n) is 2.13. The number of nitrogens with zero attached hydrogens (tertiary/aromatic N) is 1. The Morgan fingerprint density at radius 2 is 1.50 bits per heavy atom. The molecule has 40 valence electrons. The average molecular weight is 106 g/mol. The van der Waals surface area contributed by atoms with Gasteiger partial charge in [0, 0.05) is 12.1 Å². The van der Waals surface area contributed by atoms with Crippen LogP contribution in [0.15, 0.2) is 30.6 Å². The van der Waals surface area contributed by atoms with E-state index in [9.17, 15) is 0 Å². The number of pyridine rings is 1. The topological polar surface area (TPSA) is 37.9 Å². The van der Waals surface area contributed by atoms with Gasteiger partial charge in [-0.15, -0.1) is 0 Å². The molecule has 0 amide bonds. The molecule has 0 unspecified atom stereocenters. The molecule has 0 fully saturated rings. The average Bonchev–Trinajstić information content (AvgIpc) is 1.96. The Balaban J connectivity index is 0.000000222. The van der Waals surface area contributed by atoms with Crippen molar-refractivity contribution in [1.82, 2.24) is 0 Å². The fraction of sp³-hybridized carbons (Fsp3) is 0. The highest BCUT2D eigenvalue weighted by Gasteiger charge is 1.65. The van der Waals surface area contributed by atoms with Crippen molar-refractivity contribution in [3.63, 3.8) is 0 Å². The summed E-state index contributed by atoms with van der Waals surface area (Å²) < 4.78 is 0. The Kier molecular flexibility index (Phi) is 4.68. The van der Waals surface area contributed by atoms with Crippen molar-refractivity contribution >= 4 is 0 Å². The molecule has 0 aromatic carbocycles. The molecule has 0 aliphatic rings. The molecule has 0 aliphatic carbocycles. The Bertz CT molecular complexity index is 107. The number of H-pyrrole nitrogens is 1. The first-order valence-corrected chi connectivity index (χ1v) is 2.13. The van der Waals surface area contributed by atoms with E-state index in [1.165, 1.54) is 0 Å². The molecule has 2 heteroatoms. The number of hydrogen-bond donors (Lipinski definition) is 0. The maximum absolute atomic E-state index is 6.25. The molecule has 0 saturated heterocycles. The third kappa shape index (κ3) is 2.86. The standard InChI is InChI=1S/C5H5N.CN/c1-2-4-6-5-3-1;1-2/h1-5H;/q;-1/p+1. The van der Waals surface area contributed by atoms with Crippen LogP contribution in [-0.2, 0) is 0 Å². The highest BCUT2D eigenvalue weighted by atomic mass is 14.6. The molecule has 8 heavy (non-hydrogen) atoms. The van der Waals surface area contributed by atoms with E-state index in [0.717, 1.165) is 0 Å². The predicted molar refractivity (Wildman–Crippen MR) is 28.0 cm³/mol. The summed E-state index contributed by atoms with van der Waals surface area (Å²) in [5, 5.41) is 6.25. The van der Waals surface area contributed by atoms with Gasteiger partial charge in [0.2, 0.25) is 0 Å². The third-order valence-corrected chi connectivity index (χ3v) is 0.607. The van der Waals surface area contributed by atoms with Gasteiger partial charge in [0.1, 0.15) is 0 Å². The van der Waals surface area contributed by atoms with Crippen LogP contribution in [0.2, 0.25) is 0 Å². The number of aromatic nitrogens is 1. The van der Waals surface area contributed by atoms with Gasteiger partial charge < -0.3 is 11.8 Å². The van der Waals surface area contributed by atoms with Gasteiger partial charge in [-0.1, -0.05) is 6.07 Å². The number of hydrogen-bond acceptors (Lipinski definition) is 1. The molecule has 1 N–H and O–H groups in total. The molecule has 0 spiro atoms. The van der Waals surface area contributed by atoms with E-state index >= 15 is 0 Å². The fourth-order valence-electron chi connectivity index (χ4n) is 0.342. The molecular formula is C6H6N2. The minimum absolute atomic E-state index is 1.88. The SMILES string of the molecule is [C-]#N.c1cc[nH+]cc1. The lowest BCUT2D eigenvalue weighted by Crippen LogP contribution is -1.93. The van der Waals surface area contributed by atoms with Gasteiger partial charge in [-0.25, -0.2) is 4.98 Å². The van der Waals surface area contributed by atoms with Gasteiger partial charge in [0.25, 0.3) is 0 Å². The van der Waals surface area contributed by atoms with Gasteiger partial charge in [-0.2, -0.15) is 0 Å². The molecule has 0 aliphatic heterocycles. The van der Waals surface area contributed by atoms with Gasteiger partial charge in [-0.05, 0) is 0 Å². The highest BCUT2D eigenvalue weighted by Crippen LogP contribution is 1.68. The minimum atomic E-state index is 1.88. The lowest BCUT2D eigenvalue weighted by Gasteiger charge is -1.63. The minimum Gasteiger partial charge on any atom is -0.512 e. The third-order valence-electron chi connectivity index (χ3n) is 0.607. The van der Waals surface area contributed by atoms with Crippen LogP contribution in [0.5, 0.6) is 0 Å². The molecule has 0 bridgehead atoms. The monoisotopic (exact) mass is 106 g/mol. The predicted octanol–water partition coefficient (Wildman–Crippen LogP) is 0.597. The quantitative estimate of drug-likeness (QED) is 0.446. The highest BCUT2D eigenvalue weighted by molar-refractivity contribution is 4.82. The molecule has 0 saturated carbocycles. The van der Waals surface area contributed by atoms with Crippen LogP contribution < -0.4 is 4.98 Å². The second-order valence-corrected chi connectivity index (χ2v) is 1.08. The summed E-state index contributed by atoms with van der Waals surface area (Å²) in [5.74, 6) is 0. The zero-order valence-corrected chi connectivity index (χ0v) is 4.33. The Hall–Kier alpha value is -1.36. The van der Waals surface area contributed by atoms with Gasteiger partial charge in [0.05, 0.1) is 0 Å². The van der Waals surface area contributed by atoms with Crippen LogP contribution in [0.4, 0.5) is 0 Å². The van der Waals surface area contributed by atoms with Crippen LogP contribution in [0.25, 0.3) is 0 Å². The van der Waals surface area contributed by atoms with Crippen molar-refractivity contribution < 1.29 is 4.98 Å². The summed E-state index contributed by atoms with van der Waals surface area (Å²) in [6.45, 7) is 4.75. The van der Waals surface area contributed by atoms with Crippen molar-refractivity contribution in [3.8, 4) is 0 Å². The largest absolute Gasteiger partial charge is 0.512 e. The van der Waals surface area contributed by atoms with Crippen LogP contribution in [-0.4, -0.2) is 0 Å². The second-order valence-electron chi connectivity index (χ2n) is 1.08. The van der Waals surface area contributed by atoms with Crippen LogP contribution >= 0.6 is 0 Å². The first-order chi connectivity index (χ1) is 4.00. The molecule has 0 radical (unpaired) electrons. The van der Waals surface area contributed by atoms with E-state index in [1.807, 2.05) is 30.6 Å². The molecule has 1 aromatic rings. The Labute approximate surface area is 48.4 Å². The fourth-order valence-corrected chi connectivity index (χ4v) is 0.342. The lowest BCUT2D eigenvalue weighted by atomic mass is 10.5. The van der Waals surface area contributed by atoms with E-state index in [-0.39, 0.29) is 0 Å². The Morgan fingerprint density at radius 3 is 1.62 bits per heavy atom. The van der Waals surface area contributed by atoms with Crippen molar-refractivity contribution in [3.05, 3.63) is 37.2 Å². The van der Waals surface area contributed by atoms with Crippen molar-refractivity contribution in [2.75, 3.05) is 0 Å². The van der Waals surface area contributed by atoms with Crippen LogP contribution in [0.3, 0.4) is 0 Å². The number of rotatable bonds is 0. The molecule has 1 aromatic heterocycles. The van der Waals surface area contributed by atoms with E-state index in [2.05, 4.69) is 4.98 Å². The van der Waals surface area contributed by atoms with Crippen LogP contribution in [0.1, 0.15) is 0 Å². The summed E-state index contributed by atoms with van der Waals surface area (Å²) in [5.41, 5.74) is 0. The second kappa shape index (κ2) is 5.64. The molecule has 1 heterocycles.